The van der Waals surface area contributed by atoms with Crippen molar-refractivity contribution in [2.24, 2.45) is 0 Å². The van der Waals surface area contributed by atoms with Crippen LogP contribution in [0.3, 0.4) is 0 Å². The van der Waals surface area contributed by atoms with Gasteiger partial charge in [0.15, 0.2) is 0 Å². The van der Waals surface area contributed by atoms with Gasteiger partial charge in [0.2, 0.25) is 6.41 Å². The Morgan fingerprint density at radius 1 is 1.47 bits per heavy atom. The van der Waals surface area contributed by atoms with Gasteiger partial charge in [0.05, 0.1) is 11.2 Å². The van der Waals surface area contributed by atoms with Crippen LogP contribution in [0.15, 0.2) is 18.2 Å². The molecule has 0 aliphatic heterocycles. The van der Waals surface area contributed by atoms with Gasteiger partial charge in [0.25, 0.3) is 5.91 Å². The molecule has 0 radical (unpaired) electrons. The Morgan fingerprint density at radius 2 is 2.11 bits per heavy atom. The van der Waals surface area contributed by atoms with Crippen LogP contribution in [0.1, 0.15) is 31.1 Å². The third-order valence-corrected chi connectivity index (χ3v) is 2.84. The SMILES string of the molecule is CC(C)(C)OC(O)NNC(=O)c1ccc(F)cc1I. The molecule has 0 fully saturated rings. The van der Waals surface area contributed by atoms with E-state index in [4.69, 9.17) is 4.74 Å². The van der Waals surface area contributed by atoms with E-state index in [0.29, 0.717) is 9.13 Å². The number of carbonyl (C=O) groups is 1. The van der Waals surface area contributed by atoms with Crippen LogP contribution in [0.4, 0.5) is 4.39 Å². The molecule has 3 N–H and O–H groups in total. The van der Waals surface area contributed by atoms with Crippen molar-refractivity contribution in [1.29, 1.82) is 0 Å². The van der Waals surface area contributed by atoms with E-state index in [1.165, 1.54) is 18.2 Å². The summed E-state index contributed by atoms with van der Waals surface area (Å²) in [4.78, 5) is 11.8. The predicted molar refractivity (Wildman–Crippen MR) is 76.6 cm³/mol. The molecule has 0 aromatic heterocycles. The van der Waals surface area contributed by atoms with Gasteiger partial charge in [0.1, 0.15) is 5.82 Å². The van der Waals surface area contributed by atoms with Crippen LogP contribution < -0.4 is 10.9 Å². The normalized spacial score (nSPS) is 13.2. The van der Waals surface area contributed by atoms with Crippen LogP contribution in [0.2, 0.25) is 0 Å². The standard InChI is InChI=1S/C12H16FIN2O3/c1-12(2,3)19-11(18)16-15-10(17)8-5-4-7(13)6-9(8)14/h4-6,11,16,18H,1-3H3,(H,15,17). The minimum Gasteiger partial charge on any atom is -0.355 e. The van der Waals surface area contributed by atoms with E-state index >= 15 is 0 Å². The van der Waals surface area contributed by atoms with E-state index < -0.39 is 23.7 Å². The van der Waals surface area contributed by atoms with Crippen LogP contribution in [0.25, 0.3) is 0 Å². The van der Waals surface area contributed by atoms with Crippen LogP contribution in [-0.4, -0.2) is 23.0 Å². The van der Waals surface area contributed by atoms with Crippen LogP contribution in [-0.2, 0) is 4.74 Å². The van der Waals surface area contributed by atoms with Gasteiger partial charge in [-0.3, -0.25) is 10.2 Å². The highest BCUT2D eigenvalue weighted by molar-refractivity contribution is 14.1. The largest absolute Gasteiger partial charge is 0.355 e. The van der Waals surface area contributed by atoms with E-state index in [2.05, 4.69) is 10.9 Å². The molecule has 0 spiro atoms. The summed E-state index contributed by atoms with van der Waals surface area (Å²) in [5.41, 5.74) is 4.36. The molecule has 0 saturated carbocycles. The fourth-order valence-electron chi connectivity index (χ4n) is 1.23. The number of aliphatic hydroxyl groups excluding tert-OH is 1. The lowest BCUT2D eigenvalue weighted by molar-refractivity contribution is -0.185. The topological polar surface area (TPSA) is 70.6 Å². The first-order valence-electron chi connectivity index (χ1n) is 5.56. The molecule has 19 heavy (non-hydrogen) atoms. The van der Waals surface area contributed by atoms with Crippen molar-refractivity contribution in [2.75, 3.05) is 0 Å². The minimum atomic E-state index is -1.33. The quantitative estimate of drug-likeness (QED) is 0.422. The third-order valence-electron chi connectivity index (χ3n) is 1.95. The predicted octanol–water partition coefficient (Wildman–Crippen LogP) is 1.76. The van der Waals surface area contributed by atoms with Crippen LogP contribution in [0, 0.1) is 9.39 Å². The highest BCUT2D eigenvalue weighted by Gasteiger charge is 2.17. The van der Waals surface area contributed by atoms with E-state index in [9.17, 15) is 14.3 Å². The van der Waals surface area contributed by atoms with Gasteiger partial charge >= 0.3 is 0 Å². The first kappa shape index (κ1) is 16.3. The first-order valence-corrected chi connectivity index (χ1v) is 6.64. The molecule has 1 aromatic carbocycles. The summed E-state index contributed by atoms with van der Waals surface area (Å²) in [5.74, 6) is -0.897. The van der Waals surface area contributed by atoms with Gasteiger partial charge in [0, 0.05) is 3.57 Å². The summed E-state index contributed by atoms with van der Waals surface area (Å²) in [6.07, 6.45) is -1.33. The van der Waals surface area contributed by atoms with E-state index in [1.807, 2.05) is 22.6 Å². The maximum atomic E-state index is 12.9. The molecule has 5 nitrogen and oxygen atoms in total. The monoisotopic (exact) mass is 382 g/mol. The van der Waals surface area contributed by atoms with Gasteiger partial charge in [-0.1, -0.05) is 0 Å². The van der Waals surface area contributed by atoms with Gasteiger partial charge in [-0.2, -0.15) is 5.43 Å². The van der Waals surface area contributed by atoms with Crippen molar-refractivity contribution in [2.45, 2.75) is 32.8 Å². The maximum Gasteiger partial charge on any atom is 0.266 e. The Labute approximate surface area is 124 Å². The minimum absolute atomic E-state index is 0.303. The Kier molecular flexibility index (Phi) is 5.65. The summed E-state index contributed by atoms with van der Waals surface area (Å²) in [6, 6.07) is 3.81. The fourth-order valence-corrected chi connectivity index (χ4v) is 1.95. The summed E-state index contributed by atoms with van der Waals surface area (Å²) < 4.78 is 18.5. The molecule has 1 aromatic rings. The van der Waals surface area contributed by atoms with Gasteiger partial charge in [-0.15, -0.1) is 0 Å². The Balaban J connectivity index is 2.56. The summed E-state index contributed by atoms with van der Waals surface area (Å²) in [5, 5.41) is 9.48. The third kappa shape index (κ3) is 5.81. The molecule has 0 aliphatic carbocycles. The van der Waals surface area contributed by atoms with Crippen molar-refractivity contribution in [3.05, 3.63) is 33.1 Å². The highest BCUT2D eigenvalue weighted by Crippen LogP contribution is 2.13. The average Bonchev–Trinajstić information content (AvgIpc) is 2.23. The van der Waals surface area contributed by atoms with Gasteiger partial charge in [-0.05, 0) is 61.6 Å². The molecular formula is C12H16FIN2O3. The molecule has 0 bridgehead atoms. The average molecular weight is 382 g/mol. The van der Waals surface area contributed by atoms with E-state index in [-0.39, 0.29) is 0 Å². The van der Waals surface area contributed by atoms with Crippen LogP contribution in [0.5, 0.6) is 0 Å². The fraction of sp³-hybridized carbons (Fsp3) is 0.417. The second-order valence-corrected chi connectivity index (χ2v) is 5.97. The van der Waals surface area contributed by atoms with Crippen molar-refractivity contribution in [3.63, 3.8) is 0 Å². The number of hydrogen-bond acceptors (Lipinski definition) is 4. The smallest absolute Gasteiger partial charge is 0.266 e. The number of ether oxygens (including phenoxy) is 1. The number of hydrogen-bond donors (Lipinski definition) is 3. The number of halogens is 2. The van der Waals surface area contributed by atoms with Crippen molar-refractivity contribution >= 4 is 28.5 Å². The number of amides is 1. The highest BCUT2D eigenvalue weighted by atomic mass is 127. The van der Waals surface area contributed by atoms with Crippen molar-refractivity contribution in [1.82, 2.24) is 10.9 Å². The Bertz CT molecular complexity index is 463. The summed E-state index contributed by atoms with van der Waals surface area (Å²) in [6.45, 7) is 5.30. The molecule has 0 heterocycles. The maximum absolute atomic E-state index is 12.9. The Morgan fingerprint density at radius 3 is 2.63 bits per heavy atom. The van der Waals surface area contributed by atoms with Crippen molar-refractivity contribution < 1.29 is 19.0 Å². The molecule has 1 amide bonds. The zero-order valence-electron chi connectivity index (χ0n) is 10.8. The first-order chi connectivity index (χ1) is 8.69. The lowest BCUT2D eigenvalue weighted by atomic mass is 10.2. The molecule has 1 atom stereocenters. The zero-order chi connectivity index (χ0) is 14.6. The summed E-state index contributed by atoms with van der Waals surface area (Å²) >= 11 is 1.86. The molecule has 1 rings (SSSR count). The molecule has 0 saturated heterocycles. The lowest BCUT2D eigenvalue weighted by Crippen LogP contribution is -2.48. The van der Waals surface area contributed by atoms with Gasteiger partial charge < -0.3 is 9.84 Å². The molecule has 1 unspecified atom stereocenters. The van der Waals surface area contributed by atoms with Crippen LogP contribution >= 0.6 is 22.6 Å². The number of hydrazine groups is 1. The number of nitrogens with one attached hydrogen (secondary N) is 2. The van der Waals surface area contributed by atoms with E-state index in [1.54, 1.807) is 20.8 Å². The summed E-state index contributed by atoms with van der Waals surface area (Å²) in [7, 11) is 0. The second kappa shape index (κ2) is 6.60. The number of benzene rings is 1. The number of carbonyl (C=O) groups excluding carboxylic acids is 1. The number of rotatable bonds is 4. The molecule has 106 valence electrons. The molecule has 0 aliphatic rings. The number of aliphatic hydroxyl groups is 1. The lowest BCUT2D eigenvalue weighted by Gasteiger charge is -2.24. The van der Waals surface area contributed by atoms with Crippen molar-refractivity contribution in [3.8, 4) is 0 Å². The van der Waals surface area contributed by atoms with E-state index in [0.717, 1.165) is 0 Å². The molecule has 7 heteroatoms. The Hall–Kier alpha value is -0.770. The molecular weight excluding hydrogens is 366 g/mol. The van der Waals surface area contributed by atoms with Gasteiger partial charge in [-0.25, -0.2) is 4.39 Å². The zero-order valence-corrected chi connectivity index (χ0v) is 13.0. The second-order valence-electron chi connectivity index (χ2n) is 4.81.